The number of ether oxygens (including phenoxy) is 1. The van der Waals surface area contributed by atoms with Crippen molar-refractivity contribution in [2.45, 2.75) is 33.6 Å². The lowest BCUT2D eigenvalue weighted by Gasteiger charge is -2.07. The predicted octanol–water partition coefficient (Wildman–Crippen LogP) is 5.34. The molecule has 0 saturated heterocycles. The Labute approximate surface area is 151 Å². The number of aryl methyl sites for hydroxylation is 2. The largest absolute Gasteiger partial charge is 0.494 e. The molecule has 0 aliphatic rings. The normalized spacial score (nSPS) is 10.8. The van der Waals surface area contributed by atoms with E-state index >= 15 is 0 Å². The van der Waals surface area contributed by atoms with Crippen molar-refractivity contribution in [2.24, 2.45) is 0 Å². The number of unbranched alkanes of at least 4 members (excludes halogenated alkanes) is 1. The van der Waals surface area contributed by atoms with Gasteiger partial charge in [0.1, 0.15) is 5.75 Å². The fraction of sp³-hybridized carbons (Fsp3) is 0.300. The maximum absolute atomic E-state index is 12.5. The summed E-state index contributed by atoms with van der Waals surface area (Å²) < 4.78 is 6.79. The van der Waals surface area contributed by atoms with E-state index in [1.54, 1.807) is 12.1 Å². The minimum atomic E-state index is -0.171. The molecule has 4 nitrogen and oxygen atoms in total. The Balaban J connectivity index is 1.77. The minimum absolute atomic E-state index is 0.171. The molecule has 0 aliphatic carbocycles. The molecule has 0 unspecified atom stereocenters. The Morgan fingerprint density at radius 1 is 1.20 bits per heavy atom. The van der Waals surface area contributed by atoms with Crippen molar-refractivity contribution in [1.29, 1.82) is 0 Å². The third kappa shape index (κ3) is 3.99. The first kappa shape index (κ1) is 17.4. The van der Waals surface area contributed by atoms with Crippen molar-refractivity contribution < 1.29 is 9.53 Å². The van der Waals surface area contributed by atoms with Crippen LogP contribution in [0.25, 0.3) is 10.2 Å². The Kier molecular flexibility index (Phi) is 5.34. The van der Waals surface area contributed by atoms with Crippen molar-refractivity contribution >= 4 is 32.6 Å². The van der Waals surface area contributed by atoms with Gasteiger partial charge in [0.25, 0.3) is 5.91 Å². The number of hydrogen-bond donors (Lipinski definition) is 1. The molecule has 0 bridgehead atoms. The molecular formula is C20H22N2O2S. The fourth-order valence-corrected chi connectivity index (χ4v) is 3.55. The molecule has 0 spiro atoms. The molecule has 1 N–H and O–H groups in total. The van der Waals surface area contributed by atoms with Crippen molar-refractivity contribution in [3.8, 4) is 5.75 Å². The highest BCUT2D eigenvalue weighted by molar-refractivity contribution is 7.22. The SMILES string of the molecule is CCCCOc1cccc(C(=O)Nc2nc3c(C)ccc(C)c3s2)c1. The van der Waals surface area contributed by atoms with E-state index in [1.165, 1.54) is 16.9 Å². The number of amides is 1. The van der Waals surface area contributed by atoms with Crippen LogP contribution in [0.2, 0.25) is 0 Å². The Morgan fingerprint density at radius 2 is 2.00 bits per heavy atom. The molecule has 1 aromatic heterocycles. The first-order chi connectivity index (χ1) is 12.1. The van der Waals surface area contributed by atoms with E-state index in [-0.39, 0.29) is 5.91 Å². The molecule has 1 heterocycles. The number of hydrogen-bond acceptors (Lipinski definition) is 4. The van der Waals surface area contributed by atoms with Gasteiger partial charge in [0.05, 0.1) is 16.8 Å². The molecular weight excluding hydrogens is 332 g/mol. The summed E-state index contributed by atoms with van der Waals surface area (Å²) in [7, 11) is 0. The average molecular weight is 354 g/mol. The summed E-state index contributed by atoms with van der Waals surface area (Å²) in [6, 6.07) is 11.4. The van der Waals surface area contributed by atoms with Gasteiger partial charge < -0.3 is 4.74 Å². The van der Waals surface area contributed by atoms with Crippen LogP contribution in [-0.4, -0.2) is 17.5 Å². The van der Waals surface area contributed by atoms with Crippen molar-refractivity contribution in [3.05, 3.63) is 53.1 Å². The van der Waals surface area contributed by atoms with Crippen molar-refractivity contribution in [3.63, 3.8) is 0 Å². The summed E-state index contributed by atoms with van der Waals surface area (Å²) in [5.41, 5.74) is 3.81. The molecule has 0 saturated carbocycles. The molecule has 25 heavy (non-hydrogen) atoms. The van der Waals surface area contributed by atoms with Gasteiger partial charge in [-0.15, -0.1) is 0 Å². The van der Waals surface area contributed by atoms with Crippen LogP contribution in [0.4, 0.5) is 5.13 Å². The monoisotopic (exact) mass is 354 g/mol. The van der Waals surface area contributed by atoms with Crippen LogP contribution >= 0.6 is 11.3 Å². The van der Waals surface area contributed by atoms with Gasteiger partial charge in [-0.3, -0.25) is 10.1 Å². The molecule has 2 aromatic carbocycles. The van der Waals surface area contributed by atoms with E-state index in [1.807, 2.05) is 19.1 Å². The highest BCUT2D eigenvalue weighted by Crippen LogP contribution is 2.31. The second kappa shape index (κ2) is 7.66. The van der Waals surface area contributed by atoms with Crippen molar-refractivity contribution in [2.75, 3.05) is 11.9 Å². The van der Waals surface area contributed by atoms with Gasteiger partial charge in [0.2, 0.25) is 0 Å². The summed E-state index contributed by atoms with van der Waals surface area (Å²) in [6.07, 6.45) is 2.08. The van der Waals surface area contributed by atoms with Crippen LogP contribution in [0, 0.1) is 13.8 Å². The summed E-state index contributed by atoms with van der Waals surface area (Å²) >= 11 is 1.51. The van der Waals surface area contributed by atoms with Crippen LogP contribution in [0.15, 0.2) is 36.4 Å². The second-order valence-corrected chi connectivity index (χ2v) is 7.08. The number of benzene rings is 2. The van der Waals surface area contributed by atoms with Gasteiger partial charge in [-0.2, -0.15) is 0 Å². The lowest BCUT2D eigenvalue weighted by Crippen LogP contribution is -2.11. The van der Waals surface area contributed by atoms with Gasteiger partial charge in [0.15, 0.2) is 5.13 Å². The molecule has 0 radical (unpaired) electrons. The van der Waals surface area contributed by atoms with E-state index in [0.717, 1.165) is 34.4 Å². The number of thiazole rings is 1. The summed E-state index contributed by atoms with van der Waals surface area (Å²) in [6.45, 7) is 6.87. The number of nitrogens with zero attached hydrogens (tertiary/aromatic N) is 1. The number of carbonyl (C=O) groups excluding carboxylic acids is 1. The van der Waals surface area contributed by atoms with Crippen LogP contribution in [0.3, 0.4) is 0 Å². The fourth-order valence-electron chi connectivity index (χ4n) is 2.54. The minimum Gasteiger partial charge on any atom is -0.494 e. The number of carbonyl (C=O) groups is 1. The molecule has 1 amide bonds. The molecule has 0 atom stereocenters. The van der Waals surface area contributed by atoms with Gasteiger partial charge >= 0.3 is 0 Å². The molecule has 130 valence electrons. The van der Waals surface area contributed by atoms with E-state index in [4.69, 9.17) is 4.74 Å². The quantitative estimate of drug-likeness (QED) is 0.608. The summed E-state index contributed by atoms with van der Waals surface area (Å²) in [4.78, 5) is 17.1. The first-order valence-electron chi connectivity index (χ1n) is 8.49. The Morgan fingerprint density at radius 3 is 2.76 bits per heavy atom. The maximum Gasteiger partial charge on any atom is 0.257 e. The number of anilines is 1. The summed E-state index contributed by atoms with van der Waals surface area (Å²) in [5.74, 6) is 0.549. The zero-order valence-corrected chi connectivity index (χ0v) is 15.6. The van der Waals surface area contributed by atoms with Gasteiger partial charge in [0, 0.05) is 5.56 Å². The van der Waals surface area contributed by atoms with E-state index < -0.39 is 0 Å². The lowest BCUT2D eigenvalue weighted by atomic mass is 10.1. The summed E-state index contributed by atoms with van der Waals surface area (Å²) in [5, 5.41) is 3.53. The van der Waals surface area contributed by atoms with Gasteiger partial charge in [-0.1, -0.05) is 42.9 Å². The number of aromatic nitrogens is 1. The molecule has 0 fully saturated rings. The molecule has 5 heteroatoms. The van der Waals surface area contributed by atoms with Crippen LogP contribution in [0.5, 0.6) is 5.75 Å². The van der Waals surface area contributed by atoms with E-state index in [0.29, 0.717) is 17.3 Å². The standard InChI is InChI=1S/C20H22N2O2S/c1-4-5-11-24-16-8-6-7-15(12-16)19(23)22-20-21-17-13(2)9-10-14(3)18(17)25-20/h6-10,12H,4-5,11H2,1-3H3,(H,21,22,23). The van der Waals surface area contributed by atoms with Crippen LogP contribution in [-0.2, 0) is 0 Å². The predicted molar refractivity (Wildman–Crippen MR) is 104 cm³/mol. The third-order valence-electron chi connectivity index (χ3n) is 4.03. The molecule has 3 rings (SSSR count). The van der Waals surface area contributed by atoms with Gasteiger partial charge in [-0.05, 0) is 49.6 Å². The smallest absolute Gasteiger partial charge is 0.257 e. The van der Waals surface area contributed by atoms with Crippen LogP contribution in [0.1, 0.15) is 41.3 Å². The Bertz CT molecular complexity index is 863. The maximum atomic E-state index is 12.5. The third-order valence-corrected chi connectivity index (χ3v) is 5.13. The Hall–Kier alpha value is -2.40. The topological polar surface area (TPSA) is 51.2 Å². The second-order valence-electron chi connectivity index (χ2n) is 6.08. The highest BCUT2D eigenvalue weighted by Gasteiger charge is 2.13. The zero-order chi connectivity index (χ0) is 17.8. The van der Waals surface area contributed by atoms with E-state index in [9.17, 15) is 4.79 Å². The van der Waals surface area contributed by atoms with Gasteiger partial charge in [-0.25, -0.2) is 4.98 Å². The number of rotatable bonds is 6. The number of fused-ring (bicyclic) bond motifs is 1. The highest BCUT2D eigenvalue weighted by atomic mass is 32.1. The lowest BCUT2D eigenvalue weighted by molar-refractivity contribution is 0.102. The van der Waals surface area contributed by atoms with E-state index in [2.05, 4.69) is 36.3 Å². The number of nitrogens with one attached hydrogen (secondary N) is 1. The molecule has 0 aliphatic heterocycles. The van der Waals surface area contributed by atoms with Crippen LogP contribution < -0.4 is 10.1 Å². The average Bonchev–Trinajstić information content (AvgIpc) is 3.04. The van der Waals surface area contributed by atoms with Crippen molar-refractivity contribution in [1.82, 2.24) is 4.98 Å². The zero-order valence-electron chi connectivity index (χ0n) is 14.8. The molecule has 3 aromatic rings. The first-order valence-corrected chi connectivity index (χ1v) is 9.31.